The molecule has 1 aliphatic carbocycles. The Morgan fingerprint density at radius 1 is 1.06 bits per heavy atom. The van der Waals surface area contributed by atoms with Crippen LogP contribution in [-0.4, -0.2) is 10.1 Å². The number of benzene rings is 1. The van der Waals surface area contributed by atoms with Crippen molar-refractivity contribution in [3.8, 4) is 0 Å². The summed E-state index contributed by atoms with van der Waals surface area (Å²) in [5, 5.41) is 10.4. The predicted molar refractivity (Wildman–Crippen MR) is 66.7 cm³/mol. The number of aliphatic hydroxyl groups is 1. The largest absolute Gasteiger partial charge is 0.384 e. The number of rotatable bonds is 3. The minimum absolute atomic E-state index is 0.533. The van der Waals surface area contributed by atoms with E-state index in [1.165, 1.54) is 18.4 Å². The number of aromatic nitrogens is 1. The highest BCUT2D eigenvalue weighted by atomic mass is 16.3. The molecule has 1 aromatic carbocycles. The van der Waals surface area contributed by atoms with Crippen molar-refractivity contribution in [2.45, 2.75) is 24.9 Å². The summed E-state index contributed by atoms with van der Waals surface area (Å²) in [5.74, 6) is 0.655. The van der Waals surface area contributed by atoms with Crippen LogP contribution in [0.1, 0.15) is 41.6 Å². The van der Waals surface area contributed by atoms with Crippen LogP contribution in [0.2, 0.25) is 0 Å². The van der Waals surface area contributed by atoms with Gasteiger partial charge in [0.1, 0.15) is 6.10 Å². The molecule has 3 rings (SSSR count). The molecule has 1 saturated carbocycles. The lowest BCUT2D eigenvalue weighted by atomic mass is 9.95. The molecule has 1 N–H and O–H groups in total. The second-order valence-corrected chi connectivity index (χ2v) is 4.59. The topological polar surface area (TPSA) is 33.1 Å². The first-order valence-electron chi connectivity index (χ1n) is 6.03. The first-order chi connectivity index (χ1) is 8.36. The second-order valence-electron chi connectivity index (χ2n) is 4.59. The molecule has 2 heteroatoms. The summed E-state index contributed by atoms with van der Waals surface area (Å²) in [7, 11) is 0. The summed E-state index contributed by atoms with van der Waals surface area (Å²) in [6, 6.07) is 11.9. The molecule has 0 saturated heterocycles. The van der Waals surface area contributed by atoms with Crippen LogP contribution in [-0.2, 0) is 0 Å². The first kappa shape index (κ1) is 10.5. The van der Waals surface area contributed by atoms with Gasteiger partial charge in [-0.3, -0.25) is 4.98 Å². The van der Waals surface area contributed by atoms with Crippen LogP contribution in [0.4, 0.5) is 0 Å². The van der Waals surface area contributed by atoms with Crippen LogP contribution in [0.25, 0.3) is 0 Å². The lowest BCUT2D eigenvalue weighted by molar-refractivity contribution is 0.219. The Balaban J connectivity index is 1.98. The fourth-order valence-corrected chi connectivity index (χ4v) is 2.25. The SMILES string of the molecule is OC(c1ccncc1)c1ccccc1C1CC1. The van der Waals surface area contributed by atoms with Gasteiger partial charge in [0.15, 0.2) is 0 Å². The van der Waals surface area contributed by atoms with Crippen LogP contribution in [0.15, 0.2) is 48.8 Å². The fraction of sp³-hybridized carbons (Fsp3) is 0.267. The van der Waals surface area contributed by atoms with Crippen molar-refractivity contribution < 1.29 is 5.11 Å². The summed E-state index contributed by atoms with van der Waals surface area (Å²) in [6.07, 6.45) is 5.41. The van der Waals surface area contributed by atoms with E-state index >= 15 is 0 Å². The van der Waals surface area contributed by atoms with E-state index in [1.807, 2.05) is 24.3 Å². The summed E-state index contributed by atoms with van der Waals surface area (Å²) < 4.78 is 0. The van der Waals surface area contributed by atoms with Gasteiger partial charge in [-0.05, 0) is 47.6 Å². The first-order valence-corrected chi connectivity index (χ1v) is 6.03. The molecule has 2 nitrogen and oxygen atoms in total. The van der Waals surface area contributed by atoms with Gasteiger partial charge in [0, 0.05) is 12.4 Å². The summed E-state index contributed by atoms with van der Waals surface area (Å²) >= 11 is 0. The third-order valence-corrected chi connectivity index (χ3v) is 3.33. The van der Waals surface area contributed by atoms with Gasteiger partial charge in [0.05, 0.1) is 0 Å². The van der Waals surface area contributed by atoms with Gasteiger partial charge in [0.25, 0.3) is 0 Å². The molecule has 1 fully saturated rings. The van der Waals surface area contributed by atoms with Crippen LogP contribution in [0.5, 0.6) is 0 Å². The molecule has 0 aliphatic heterocycles. The van der Waals surface area contributed by atoms with E-state index in [4.69, 9.17) is 0 Å². The Morgan fingerprint density at radius 2 is 1.76 bits per heavy atom. The molecule has 1 atom stereocenters. The van der Waals surface area contributed by atoms with Crippen molar-refractivity contribution in [1.29, 1.82) is 0 Å². The number of pyridine rings is 1. The Bertz CT molecular complexity index is 505. The minimum Gasteiger partial charge on any atom is -0.384 e. The molecule has 86 valence electrons. The molecular weight excluding hydrogens is 210 g/mol. The smallest absolute Gasteiger partial charge is 0.104 e. The van der Waals surface area contributed by atoms with Gasteiger partial charge < -0.3 is 5.11 Å². The summed E-state index contributed by atoms with van der Waals surface area (Å²) in [5.41, 5.74) is 3.26. The molecule has 0 radical (unpaired) electrons. The Kier molecular flexibility index (Phi) is 2.65. The van der Waals surface area contributed by atoms with Crippen molar-refractivity contribution >= 4 is 0 Å². The van der Waals surface area contributed by atoms with E-state index < -0.39 is 6.10 Å². The van der Waals surface area contributed by atoms with E-state index in [2.05, 4.69) is 17.1 Å². The van der Waals surface area contributed by atoms with Crippen molar-refractivity contribution in [2.75, 3.05) is 0 Å². The molecule has 0 amide bonds. The summed E-state index contributed by atoms with van der Waals surface area (Å²) in [4.78, 5) is 3.98. The Labute approximate surface area is 101 Å². The number of hydrogen-bond donors (Lipinski definition) is 1. The van der Waals surface area contributed by atoms with E-state index in [0.717, 1.165) is 11.1 Å². The molecular formula is C15H15NO. The van der Waals surface area contributed by atoms with Crippen molar-refractivity contribution in [3.05, 3.63) is 65.5 Å². The lowest BCUT2D eigenvalue weighted by Crippen LogP contribution is -2.03. The highest BCUT2D eigenvalue weighted by Gasteiger charge is 2.27. The minimum atomic E-state index is -0.533. The normalized spacial score (nSPS) is 16.8. The summed E-state index contributed by atoms with van der Waals surface area (Å²) in [6.45, 7) is 0. The van der Waals surface area contributed by atoms with Crippen LogP contribution in [0.3, 0.4) is 0 Å². The molecule has 0 spiro atoms. The molecule has 1 aliphatic rings. The molecule has 1 aromatic heterocycles. The third-order valence-electron chi connectivity index (χ3n) is 3.33. The average molecular weight is 225 g/mol. The lowest BCUT2D eigenvalue weighted by Gasteiger charge is -2.15. The van der Waals surface area contributed by atoms with Crippen molar-refractivity contribution in [1.82, 2.24) is 4.98 Å². The molecule has 0 bridgehead atoms. The highest BCUT2D eigenvalue weighted by molar-refractivity contribution is 5.39. The van der Waals surface area contributed by atoms with Crippen molar-refractivity contribution in [2.24, 2.45) is 0 Å². The second kappa shape index (κ2) is 4.30. The van der Waals surface area contributed by atoms with E-state index in [1.54, 1.807) is 12.4 Å². The monoisotopic (exact) mass is 225 g/mol. The Morgan fingerprint density at radius 3 is 2.47 bits per heavy atom. The maximum atomic E-state index is 10.4. The zero-order valence-corrected chi connectivity index (χ0v) is 9.58. The van der Waals surface area contributed by atoms with Gasteiger partial charge in [-0.2, -0.15) is 0 Å². The zero-order valence-electron chi connectivity index (χ0n) is 9.58. The van der Waals surface area contributed by atoms with Gasteiger partial charge in [-0.25, -0.2) is 0 Å². The number of nitrogens with zero attached hydrogens (tertiary/aromatic N) is 1. The molecule has 2 aromatic rings. The third kappa shape index (κ3) is 2.08. The van der Waals surface area contributed by atoms with Crippen LogP contribution in [0, 0.1) is 0 Å². The van der Waals surface area contributed by atoms with E-state index in [9.17, 15) is 5.11 Å². The van der Waals surface area contributed by atoms with Gasteiger partial charge in [-0.15, -0.1) is 0 Å². The standard InChI is InChI=1S/C15H15NO/c17-15(12-7-9-16-10-8-12)14-4-2-1-3-13(14)11-5-6-11/h1-4,7-11,15,17H,5-6H2. The van der Waals surface area contributed by atoms with Gasteiger partial charge in [0.2, 0.25) is 0 Å². The fourth-order valence-electron chi connectivity index (χ4n) is 2.25. The molecule has 1 heterocycles. The van der Waals surface area contributed by atoms with E-state index in [-0.39, 0.29) is 0 Å². The maximum absolute atomic E-state index is 10.4. The maximum Gasteiger partial charge on any atom is 0.104 e. The number of hydrogen-bond acceptors (Lipinski definition) is 2. The molecule has 17 heavy (non-hydrogen) atoms. The quantitative estimate of drug-likeness (QED) is 0.871. The average Bonchev–Trinajstić information content (AvgIpc) is 3.23. The molecule has 1 unspecified atom stereocenters. The zero-order chi connectivity index (χ0) is 11.7. The van der Waals surface area contributed by atoms with Crippen LogP contribution < -0.4 is 0 Å². The highest BCUT2D eigenvalue weighted by Crippen LogP contribution is 2.43. The Hall–Kier alpha value is -1.67. The number of aliphatic hydroxyl groups excluding tert-OH is 1. The van der Waals surface area contributed by atoms with Gasteiger partial charge >= 0.3 is 0 Å². The van der Waals surface area contributed by atoms with Gasteiger partial charge in [-0.1, -0.05) is 24.3 Å². The van der Waals surface area contributed by atoms with Crippen molar-refractivity contribution in [3.63, 3.8) is 0 Å². The van der Waals surface area contributed by atoms with E-state index in [0.29, 0.717) is 5.92 Å². The predicted octanol–water partition coefficient (Wildman–Crippen LogP) is 3.04. The van der Waals surface area contributed by atoms with Crippen LogP contribution >= 0.6 is 0 Å².